The second-order valence-corrected chi connectivity index (χ2v) is 7.18. The Bertz CT molecular complexity index is 748. The van der Waals surface area contributed by atoms with Crippen molar-refractivity contribution in [1.29, 1.82) is 0 Å². The number of imidazole rings is 1. The maximum atomic E-state index is 6.33. The molecular formula is C20H29ClN6. The van der Waals surface area contributed by atoms with Crippen molar-refractivity contribution in [2.45, 2.75) is 26.3 Å². The maximum absolute atomic E-state index is 6.33. The highest BCUT2D eigenvalue weighted by Gasteiger charge is 2.20. The standard InChI is InChI=1S/C20H29ClN6/c1-17-23-10-12-25(17)11-6-5-9-24-20(22-2)27-15-13-26(14-16-27)19-8-4-3-7-18(19)21/h3-4,7-8,10,12H,5-6,9,11,13-16H2,1-2H3,(H,22,24). The van der Waals surface area contributed by atoms with Crippen LogP contribution in [0.25, 0.3) is 0 Å². The zero-order chi connectivity index (χ0) is 19.1. The first-order chi connectivity index (χ1) is 13.2. The molecule has 0 bridgehead atoms. The van der Waals surface area contributed by atoms with Crippen LogP contribution in [0.15, 0.2) is 41.7 Å². The molecule has 2 heterocycles. The highest BCUT2D eigenvalue weighted by Crippen LogP contribution is 2.25. The molecule has 0 amide bonds. The number of rotatable bonds is 6. The van der Waals surface area contributed by atoms with Crippen molar-refractivity contribution < 1.29 is 0 Å². The van der Waals surface area contributed by atoms with Gasteiger partial charge in [0.15, 0.2) is 5.96 Å². The number of aromatic nitrogens is 2. The van der Waals surface area contributed by atoms with E-state index in [1.165, 1.54) is 0 Å². The predicted molar refractivity (Wildman–Crippen MR) is 113 cm³/mol. The summed E-state index contributed by atoms with van der Waals surface area (Å²) >= 11 is 6.33. The summed E-state index contributed by atoms with van der Waals surface area (Å²) in [5.41, 5.74) is 1.12. The molecule has 1 aliphatic heterocycles. The summed E-state index contributed by atoms with van der Waals surface area (Å²) in [6.07, 6.45) is 6.13. The van der Waals surface area contributed by atoms with Crippen LogP contribution in [0.4, 0.5) is 5.69 Å². The molecule has 27 heavy (non-hydrogen) atoms. The van der Waals surface area contributed by atoms with Gasteiger partial charge in [-0.05, 0) is 31.9 Å². The largest absolute Gasteiger partial charge is 0.367 e. The first-order valence-corrected chi connectivity index (χ1v) is 9.99. The first-order valence-electron chi connectivity index (χ1n) is 9.62. The number of para-hydroxylation sites is 1. The molecule has 0 saturated carbocycles. The normalized spacial score (nSPS) is 15.3. The van der Waals surface area contributed by atoms with Gasteiger partial charge in [-0.1, -0.05) is 23.7 Å². The molecule has 0 atom stereocenters. The summed E-state index contributed by atoms with van der Waals surface area (Å²) in [5, 5.41) is 4.33. The van der Waals surface area contributed by atoms with Gasteiger partial charge in [0.25, 0.3) is 0 Å². The minimum absolute atomic E-state index is 0.821. The Balaban J connectivity index is 1.40. The van der Waals surface area contributed by atoms with Crippen LogP contribution in [0.2, 0.25) is 5.02 Å². The number of piperazine rings is 1. The average molecular weight is 389 g/mol. The second-order valence-electron chi connectivity index (χ2n) is 6.77. The number of aliphatic imine (C=N–C) groups is 1. The van der Waals surface area contributed by atoms with Gasteiger partial charge in [-0.25, -0.2) is 4.98 Å². The zero-order valence-corrected chi connectivity index (χ0v) is 17.0. The van der Waals surface area contributed by atoms with Crippen LogP contribution in [0, 0.1) is 6.92 Å². The number of guanidine groups is 1. The van der Waals surface area contributed by atoms with Crippen molar-refractivity contribution in [3.8, 4) is 0 Å². The molecule has 2 aromatic rings. The third-order valence-corrected chi connectivity index (χ3v) is 5.34. The fourth-order valence-corrected chi connectivity index (χ4v) is 3.70. The van der Waals surface area contributed by atoms with Gasteiger partial charge in [-0.2, -0.15) is 0 Å². The van der Waals surface area contributed by atoms with E-state index in [1.54, 1.807) is 0 Å². The van der Waals surface area contributed by atoms with Crippen LogP contribution in [-0.2, 0) is 6.54 Å². The molecule has 0 aliphatic carbocycles. The van der Waals surface area contributed by atoms with E-state index in [2.05, 4.69) is 35.7 Å². The van der Waals surface area contributed by atoms with Crippen molar-refractivity contribution in [1.82, 2.24) is 19.8 Å². The number of nitrogens with zero attached hydrogens (tertiary/aromatic N) is 5. The Labute approximate surface area is 166 Å². The molecule has 0 radical (unpaired) electrons. The number of hydrogen-bond donors (Lipinski definition) is 1. The molecule has 0 unspecified atom stereocenters. The predicted octanol–water partition coefficient (Wildman–Crippen LogP) is 3.02. The number of aryl methyl sites for hydroxylation is 2. The molecule has 1 fully saturated rings. The van der Waals surface area contributed by atoms with Gasteiger partial charge in [0.1, 0.15) is 5.82 Å². The van der Waals surface area contributed by atoms with Crippen molar-refractivity contribution >= 4 is 23.2 Å². The number of nitrogens with one attached hydrogen (secondary N) is 1. The Morgan fingerprint density at radius 1 is 1.19 bits per heavy atom. The molecule has 1 aliphatic rings. The van der Waals surface area contributed by atoms with Gasteiger partial charge in [-0.3, -0.25) is 4.99 Å². The Hall–Kier alpha value is -2.21. The van der Waals surface area contributed by atoms with E-state index in [4.69, 9.17) is 11.6 Å². The van der Waals surface area contributed by atoms with Crippen LogP contribution in [-0.4, -0.2) is 60.2 Å². The average Bonchev–Trinajstić information content (AvgIpc) is 3.10. The second kappa shape index (κ2) is 9.65. The van der Waals surface area contributed by atoms with E-state index in [9.17, 15) is 0 Å². The lowest BCUT2D eigenvalue weighted by molar-refractivity contribution is 0.372. The number of hydrogen-bond acceptors (Lipinski definition) is 3. The van der Waals surface area contributed by atoms with Crippen LogP contribution >= 0.6 is 11.6 Å². The molecule has 6 nitrogen and oxygen atoms in total. The summed E-state index contributed by atoms with van der Waals surface area (Å²) < 4.78 is 2.20. The Kier molecular flexibility index (Phi) is 6.98. The van der Waals surface area contributed by atoms with E-state index in [0.29, 0.717) is 0 Å². The highest BCUT2D eigenvalue weighted by molar-refractivity contribution is 6.33. The molecule has 1 aromatic heterocycles. The fourth-order valence-electron chi connectivity index (χ4n) is 3.45. The van der Waals surface area contributed by atoms with E-state index >= 15 is 0 Å². The third-order valence-electron chi connectivity index (χ3n) is 5.02. The molecule has 0 spiro atoms. The van der Waals surface area contributed by atoms with Gasteiger partial charge in [0.2, 0.25) is 0 Å². The van der Waals surface area contributed by atoms with Crippen LogP contribution in [0.3, 0.4) is 0 Å². The van der Waals surface area contributed by atoms with Gasteiger partial charge >= 0.3 is 0 Å². The molecule has 3 rings (SSSR count). The minimum Gasteiger partial charge on any atom is -0.367 e. The van der Waals surface area contributed by atoms with Crippen LogP contribution < -0.4 is 10.2 Å². The molecular weight excluding hydrogens is 360 g/mol. The van der Waals surface area contributed by atoms with Gasteiger partial charge in [-0.15, -0.1) is 0 Å². The van der Waals surface area contributed by atoms with Crippen molar-refractivity contribution in [2.75, 3.05) is 44.7 Å². The van der Waals surface area contributed by atoms with E-state index < -0.39 is 0 Å². The summed E-state index contributed by atoms with van der Waals surface area (Å²) in [6, 6.07) is 8.06. The van der Waals surface area contributed by atoms with Gasteiger partial charge in [0, 0.05) is 58.7 Å². The molecule has 7 heteroatoms. The van der Waals surface area contributed by atoms with Crippen molar-refractivity contribution in [3.63, 3.8) is 0 Å². The zero-order valence-electron chi connectivity index (χ0n) is 16.2. The monoisotopic (exact) mass is 388 g/mol. The SMILES string of the molecule is CN=C(NCCCCn1ccnc1C)N1CCN(c2ccccc2Cl)CC1. The smallest absolute Gasteiger partial charge is 0.193 e. The third kappa shape index (κ3) is 5.16. The van der Waals surface area contributed by atoms with Gasteiger partial charge in [0.05, 0.1) is 10.7 Å². The van der Waals surface area contributed by atoms with E-state index in [1.807, 2.05) is 44.6 Å². The van der Waals surface area contributed by atoms with Crippen molar-refractivity contribution in [3.05, 3.63) is 47.5 Å². The number of anilines is 1. The quantitative estimate of drug-likeness (QED) is 0.469. The lowest BCUT2D eigenvalue weighted by Crippen LogP contribution is -2.52. The highest BCUT2D eigenvalue weighted by atomic mass is 35.5. The summed E-state index contributed by atoms with van der Waals surface area (Å²) in [7, 11) is 1.86. The van der Waals surface area contributed by atoms with E-state index in [0.717, 1.165) is 74.6 Å². The Morgan fingerprint density at radius 3 is 2.63 bits per heavy atom. The maximum Gasteiger partial charge on any atom is 0.193 e. The molecule has 146 valence electrons. The topological polar surface area (TPSA) is 48.7 Å². The fraction of sp³-hybridized carbons (Fsp3) is 0.500. The summed E-state index contributed by atoms with van der Waals surface area (Å²) in [6.45, 7) is 7.78. The first kappa shape index (κ1) is 19.5. The summed E-state index contributed by atoms with van der Waals surface area (Å²) in [5.74, 6) is 2.07. The lowest BCUT2D eigenvalue weighted by Gasteiger charge is -2.38. The number of unbranched alkanes of at least 4 members (excludes halogenated alkanes) is 1. The van der Waals surface area contributed by atoms with Crippen LogP contribution in [0.1, 0.15) is 18.7 Å². The molecule has 1 saturated heterocycles. The van der Waals surface area contributed by atoms with Crippen molar-refractivity contribution in [2.24, 2.45) is 4.99 Å². The van der Waals surface area contributed by atoms with E-state index in [-0.39, 0.29) is 0 Å². The summed E-state index contributed by atoms with van der Waals surface area (Å²) in [4.78, 5) is 13.4. The number of halogens is 1. The minimum atomic E-state index is 0.821. The molecule has 1 N–H and O–H groups in total. The molecule has 1 aromatic carbocycles. The van der Waals surface area contributed by atoms with Gasteiger partial charge < -0.3 is 19.7 Å². The Morgan fingerprint density at radius 2 is 1.96 bits per heavy atom. The van der Waals surface area contributed by atoms with Crippen LogP contribution in [0.5, 0.6) is 0 Å². The number of benzene rings is 1. The lowest BCUT2D eigenvalue weighted by atomic mass is 10.2.